The number of nitrogens with zero attached hydrogens (tertiary/aromatic N) is 2. The van der Waals surface area contributed by atoms with Gasteiger partial charge in [0.1, 0.15) is 11.6 Å². The third kappa shape index (κ3) is 7.86. The number of cyclic esters (lactones) is 1. The average Bonchev–Trinajstić information content (AvgIpc) is 3.34. The minimum Gasteiger partial charge on any atom is -0.434 e. The van der Waals surface area contributed by atoms with E-state index in [1.165, 1.54) is 24.3 Å². The molecule has 3 aromatic carbocycles. The lowest BCUT2D eigenvalue weighted by atomic mass is 10.0. The molecule has 43 heavy (non-hydrogen) atoms. The van der Waals surface area contributed by atoms with Gasteiger partial charge in [0.05, 0.1) is 29.3 Å². The molecule has 1 heterocycles. The van der Waals surface area contributed by atoms with Gasteiger partial charge in [-0.15, -0.1) is 0 Å². The van der Waals surface area contributed by atoms with Crippen LogP contribution in [-0.4, -0.2) is 67.7 Å². The Kier molecular flexibility index (Phi) is 9.99. The van der Waals surface area contributed by atoms with Gasteiger partial charge in [0.2, 0.25) is 10.0 Å². The fourth-order valence-corrected chi connectivity index (χ4v) is 6.35. The van der Waals surface area contributed by atoms with Gasteiger partial charge in [0, 0.05) is 24.8 Å². The van der Waals surface area contributed by atoms with Crippen molar-refractivity contribution in [3.63, 3.8) is 0 Å². The first kappa shape index (κ1) is 31.9. The molecule has 1 fully saturated rings. The van der Waals surface area contributed by atoms with Crippen molar-refractivity contribution in [1.82, 2.24) is 9.62 Å². The third-order valence-electron chi connectivity index (χ3n) is 6.87. The zero-order chi connectivity index (χ0) is 31.3. The van der Waals surface area contributed by atoms with Crippen LogP contribution in [0.15, 0.2) is 77.7 Å². The molecule has 13 heteroatoms. The number of halogens is 2. The van der Waals surface area contributed by atoms with E-state index in [0.29, 0.717) is 11.8 Å². The Morgan fingerprint density at radius 3 is 2.40 bits per heavy atom. The van der Waals surface area contributed by atoms with Gasteiger partial charge in [-0.25, -0.2) is 22.0 Å². The maximum absolute atomic E-state index is 14.3. The van der Waals surface area contributed by atoms with E-state index >= 15 is 0 Å². The summed E-state index contributed by atoms with van der Waals surface area (Å²) < 4.78 is 61.1. The number of nitrogens with one attached hydrogen (secondary N) is 1. The molecule has 4 rings (SSSR count). The summed E-state index contributed by atoms with van der Waals surface area (Å²) in [5.74, 6) is -2.68. The fourth-order valence-electron chi connectivity index (χ4n) is 4.73. The van der Waals surface area contributed by atoms with Gasteiger partial charge < -0.3 is 20.9 Å². The Morgan fingerprint density at radius 1 is 1.09 bits per heavy atom. The van der Waals surface area contributed by atoms with Gasteiger partial charge in [-0.2, -0.15) is 4.31 Å². The van der Waals surface area contributed by atoms with E-state index in [0.717, 1.165) is 26.9 Å². The van der Waals surface area contributed by atoms with Crippen LogP contribution in [0.1, 0.15) is 19.4 Å². The summed E-state index contributed by atoms with van der Waals surface area (Å²) in [6, 6.07) is 16.3. The minimum atomic E-state index is -4.04. The first-order chi connectivity index (χ1) is 20.3. The molecule has 1 aliphatic heterocycles. The van der Waals surface area contributed by atoms with Crippen LogP contribution >= 0.6 is 0 Å². The summed E-state index contributed by atoms with van der Waals surface area (Å²) in [5, 5.41) is 14.1. The lowest BCUT2D eigenvalue weighted by molar-refractivity contribution is -0.129. The molecule has 2 amide bonds. The number of hydrogen-bond acceptors (Lipinski definition) is 7. The minimum absolute atomic E-state index is 0.00387. The summed E-state index contributed by atoms with van der Waals surface area (Å²) in [6.45, 7) is 3.07. The highest BCUT2D eigenvalue weighted by Crippen LogP contribution is 2.26. The van der Waals surface area contributed by atoms with E-state index in [1.807, 2.05) is 13.8 Å². The highest BCUT2D eigenvalue weighted by atomic mass is 32.2. The highest BCUT2D eigenvalue weighted by Gasteiger charge is 2.40. The van der Waals surface area contributed by atoms with Crippen molar-refractivity contribution in [3.8, 4) is 0 Å². The van der Waals surface area contributed by atoms with Crippen LogP contribution in [0.3, 0.4) is 0 Å². The van der Waals surface area contributed by atoms with Gasteiger partial charge in [-0.3, -0.25) is 9.69 Å². The van der Waals surface area contributed by atoms with Crippen LogP contribution in [0.25, 0.3) is 0 Å². The number of nitrogen functional groups attached to an aromatic ring is 1. The smallest absolute Gasteiger partial charge is 0.415 e. The second-order valence-electron chi connectivity index (χ2n) is 10.7. The van der Waals surface area contributed by atoms with Gasteiger partial charge >= 0.3 is 6.09 Å². The van der Waals surface area contributed by atoms with Crippen LogP contribution in [0.5, 0.6) is 0 Å². The standard InChI is InChI=1S/C30H34F2N4O6S/c1-19(2)16-35(43(40,41)23-11-9-22(33)10-12-23)17-27(37)25(14-20-6-4-3-5-7-20)34-29(38)28-18-36(30(39)42-28)26-13-8-21(31)15-24(26)32/h3-13,15,19,25,27-28,37H,14,16-18,33H2,1-2H3,(H,34,38)/t25-,27+,28-/m0/s1. The van der Waals surface area contributed by atoms with Crippen molar-refractivity contribution in [2.45, 2.75) is 43.4 Å². The number of anilines is 2. The topological polar surface area (TPSA) is 142 Å². The van der Waals surface area contributed by atoms with E-state index in [2.05, 4.69) is 5.32 Å². The van der Waals surface area contributed by atoms with E-state index < -0.39 is 51.9 Å². The molecule has 4 N–H and O–H groups in total. The number of rotatable bonds is 12. The molecule has 3 atom stereocenters. The Morgan fingerprint density at radius 2 is 1.77 bits per heavy atom. The molecule has 3 aromatic rings. The first-order valence-electron chi connectivity index (χ1n) is 13.7. The average molecular weight is 617 g/mol. The SMILES string of the molecule is CC(C)CN(C[C@@H](O)[C@H](Cc1ccccc1)NC(=O)[C@@H]1CN(c2ccc(F)cc2F)C(=O)O1)S(=O)(=O)c1ccc(N)cc1. The number of carbonyl (C=O) groups excluding carboxylic acids is 2. The highest BCUT2D eigenvalue weighted by molar-refractivity contribution is 7.89. The molecule has 0 spiro atoms. The molecule has 0 bridgehead atoms. The largest absolute Gasteiger partial charge is 0.434 e. The Labute approximate surface area is 249 Å². The van der Waals surface area contributed by atoms with E-state index in [1.54, 1.807) is 30.3 Å². The summed E-state index contributed by atoms with van der Waals surface area (Å²) >= 11 is 0. The van der Waals surface area contributed by atoms with Crippen molar-refractivity contribution < 1.29 is 36.6 Å². The molecule has 0 radical (unpaired) electrons. The Hall–Kier alpha value is -4.07. The molecular formula is C30H34F2N4O6S. The van der Waals surface area contributed by atoms with E-state index in [-0.39, 0.29) is 42.6 Å². The maximum atomic E-state index is 14.3. The van der Waals surface area contributed by atoms with Gasteiger partial charge in [-0.1, -0.05) is 44.2 Å². The number of amides is 2. The maximum Gasteiger partial charge on any atom is 0.415 e. The molecule has 0 aliphatic carbocycles. The molecule has 0 unspecified atom stereocenters. The monoisotopic (exact) mass is 616 g/mol. The zero-order valence-corrected chi connectivity index (χ0v) is 24.5. The number of aliphatic hydroxyl groups excluding tert-OH is 1. The Bertz CT molecular complexity index is 1540. The molecule has 0 aromatic heterocycles. The molecule has 230 valence electrons. The number of nitrogens with two attached hydrogens (primary N) is 1. The molecule has 1 aliphatic rings. The number of carbonyl (C=O) groups is 2. The molecular weight excluding hydrogens is 582 g/mol. The lowest BCUT2D eigenvalue weighted by Crippen LogP contribution is -2.53. The van der Waals surface area contributed by atoms with Gasteiger partial charge in [0.15, 0.2) is 6.10 Å². The van der Waals surface area contributed by atoms with Crippen LogP contribution < -0.4 is 16.0 Å². The second kappa shape index (κ2) is 13.5. The van der Waals surface area contributed by atoms with Crippen molar-refractivity contribution in [1.29, 1.82) is 0 Å². The number of aliphatic hydroxyl groups is 1. The number of benzene rings is 3. The van der Waals surface area contributed by atoms with Crippen LogP contribution in [0.2, 0.25) is 0 Å². The van der Waals surface area contributed by atoms with Crippen molar-refractivity contribution in [3.05, 3.63) is 90.0 Å². The normalized spacial score (nSPS) is 16.8. The predicted octanol–water partition coefficient (Wildman–Crippen LogP) is 3.31. The van der Waals surface area contributed by atoms with E-state index in [9.17, 15) is 31.9 Å². The van der Waals surface area contributed by atoms with Crippen molar-refractivity contribution >= 4 is 33.4 Å². The second-order valence-corrected chi connectivity index (χ2v) is 12.7. The van der Waals surface area contributed by atoms with Crippen molar-refractivity contribution in [2.75, 3.05) is 30.3 Å². The predicted molar refractivity (Wildman–Crippen MR) is 157 cm³/mol. The summed E-state index contributed by atoms with van der Waals surface area (Å²) in [6.07, 6.45) is -3.62. The number of hydrogen-bond donors (Lipinski definition) is 3. The summed E-state index contributed by atoms with van der Waals surface area (Å²) in [5.41, 5.74) is 6.62. The summed E-state index contributed by atoms with van der Waals surface area (Å²) in [4.78, 5) is 26.7. The Balaban J connectivity index is 1.55. The lowest BCUT2D eigenvalue weighted by Gasteiger charge is -2.31. The van der Waals surface area contributed by atoms with E-state index in [4.69, 9.17) is 10.5 Å². The first-order valence-corrected chi connectivity index (χ1v) is 15.1. The zero-order valence-electron chi connectivity index (χ0n) is 23.7. The quantitative estimate of drug-likeness (QED) is 0.265. The van der Waals surface area contributed by atoms with Crippen molar-refractivity contribution in [2.24, 2.45) is 5.92 Å². The number of sulfonamides is 1. The van der Waals surface area contributed by atoms with Gasteiger partial charge in [0.25, 0.3) is 5.91 Å². The number of ether oxygens (including phenoxy) is 1. The molecule has 1 saturated heterocycles. The fraction of sp³-hybridized carbons (Fsp3) is 0.333. The van der Waals surface area contributed by atoms with Crippen LogP contribution in [-0.2, 0) is 26.0 Å². The van der Waals surface area contributed by atoms with Crippen LogP contribution in [0.4, 0.5) is 25.0 Å². The molecule has 0 saturated carbocycles. The third-order valence-corrected chi connectivity index (χ3v) is 8.72. The molecule has 10 nitrogen and oxygen atoms in total. The summed E-state index contributed by atoms with van der Waals surface area (Å²) in [7, 11) is -4.04. The van der Waals surface area contributed by atoms with Crippen LogP contribution in [0, 0.1) is 17.6 Å². The van der Waals surface area contributed by atoms with Gasteiger partial charge in [-0.05, 0) is 54.3 Å².